The molecule has 0 unspecified atom stereocenters. The summed E-state index contributed by atoms with van der Waals surface area (Å²) < 4.78 is 37.1. The van der Waals surface area contributed by atoms with E-state index in [1.807, 2.05) is 0 Å². The van der Waals surface area contributed by atoms with E-state index < -0.39 is 15.7 Å². The van der Waals surface area contributed by atoms with Crippen molar-refractivity contribution in [2.45, 2.75) is 17.7 Å². The summed E-state index contributed by atoms with van der Waals surface area (Å²) >= 11 is 0. The van der Waals surface area contributed by atoms with Crippen molar-refractivity contribution in [1.82, 2.24) is 10.9 Å². The van der Waals surface area contributed by atoms with E-state index in [-0.39, 0.29) is 28.0 Å². The van der Waals surface area contributed by atoms with E-state index in [9.17, 15) is 17.6 Å². The summed E-state index contributed by atoms with van der Waals surface area (Å²) in [4.78, 5) is 11.6. The number of benzene rings is 1. The molecule has 0 spiro atoms. The highest BCUT2D eigenvalue weighted by molar-refractivity contribution is 7.91. The maximum atomic E-state index is 13.3. The monoisotopic (exact) mass is 296 g/mol. The Hall–Kier alpha value is -1.89. The van der Waals surface area contributed by atoms with Gasteiger partial charge in [-0.05, 0) is 37.1 Å². The molecule has 2 N–H and O–H groups in total. The van der Waals surface area contributed by atoms with Crippen LogP contribution in [0, 0.1) is 11.7 Å². The molecule has 1 aromatic rings. The van der Waals surface area contributed by atoms with Crippen molar-refractivity contribution in [1.29, 1.82) is 0 Å². The van der Waals surface area contributed by atoms with Crippen LogP contribution < -0.4 is 10.9 Å². The smallest absolute Gasteiger partial charge is 0.241 e. The van der Waals surface area contributed by atoms with E-state index in [0.717, 1.165) is 25.0 Å². The first-order chi connectivity index (χ1) is 9.47. The summed E-state index contributed by atoms with van der Waals surface area (Å²) in [6, 6.07) is 3.51. The molecule has 1 heterocycles. The van der Waals surface area contributed by atoms with Gasteiger partial charge in [-0.3, -0.25) is 15.6 Å². The Morgan fingerprint density at radius 2 is 2.05 bits per heavy atom. The van der Waals surface area contributed by atoms with Crippen LogP contribution in [0.4, 0.5) is 4.39 Å². The largest absolute Gasteiger partial charge is 0.298 e. The lowest BCUT2D eigenvalue weighted by atomic mass is 10.1. The van der Waals surface area contributed by atoms with Crippen molar-refractivity contribution < 1.29 is 17.6 Å². The molecular weight excluding hydrogens is 283 g/mol. The van der Waals surface area contributed by atoms with Gasteiger partial charge in [0.05, 0.1) is 16.3 Å². The number of carbonyl (C=O) groups is 1. The lowest BCUT2D eigenvalue weighted by molar-refractivity contribution is -0.122. The SMILES string of the molecule is O=C(NNC1=CCS(=O)(=O)c2ccc(F)cc21)C1CC1. The minimum Gasteiger partial charge on any atom is -0.298 e. The van der Waals surface area contributed by atoms with E-state index in [1.165, 1.54) is 12.1 Å². The molecule has 0 atom stereocenters. The van der Waals surface area contributed by atoms with Crippen molar-refractivity contribution in [2.75, 3.05) is 5.75 Å². The van der Waals surface area contributed by atoms with Gasteiger partial charge in [-0.2, -0.15) is 0 Å². The summed E-state index contributed by atoms with van der Waals surface area (Å²) in [7, 11) is -3.43. The fourth-order valence-electron chi connectivity index (χ4n) is 2.07. The van der Waals surface area contributed by atoms with Crippen LogP contribution in [0.25, 0.3) is 5.70 Å². The van der Waals surface area contributed by atoms with Crippen LogP contribution in [-0.2, 0) is 14.6 Å². The van der Waals surface area contributed by atoms with Crippen LogP contribution in [0.3, 0.4) is 0 Å². The molecule has 3 rings (SSSR count). The normalized spacial score (nSPS) is 19.8. The van der Waals surface area contributed by atoms with Crippen LogP contribution in [0.2, 0.25) is 0 Å². The van der Waals surface area contributed by atoms with Gasteiger partial charge >= 0.3 is 0 Å². The lowest BCUT2D eigenvalue weighted by Crippen LogP contribution is -2.38. The number of halogens is 1. The molecule has 5 nitrogen and oxygen atoms in total. The third-order valence-corrected chi connectivity index (χ3v) is 4.97. The molecule has 1 aliphatic carbocycles. The van der Waals surface area contributed by atoms with E-state index in [0.29, 0.717) is 5.70 Å². The maximum Gasteiger partial charge on any atom is 0.241 e. The average Bonchev–Trinajstić information content (AvgIpc) is 3.21. The quantitative estimate of drug-likeness (QED) is 0.644. The lowest BCUT2D eigenvalue weighted by Gasteiger charge is -2.19. The van der Waals surface area contributed by atoms with Crippen LogP contribution >= 0.6 is 0 Å². The molecule has 1 aliphatic heterocycles. The number of sulfone groups is 1. The summed E-state index contributed by atoms with van der Waals surface area (Å²) in [6.45, 7) is 0. The minimum absolute atomic E-state index is 0.0300. The van der Waals surface area contributed by atoms with Gasteiger partial charge in [0.1, 0.15) is 5.82 Å². The Balaban J connectivity index is 1.87. The molecule has 2 aliphatic rings. The first-order valence-electron chi connectivity index (χ1n) is 6.26. The molecule has 0 aromatic heterocycles. The van der Waals surface area contributed by atoms with Crippen molar-refractivity contribution in [2.24, 2.45) is 5.92 Å². The zero-order valence-corrected chi connectivity index (χ0v) is 11.3. The Morgan fingerprint density at radius 1 is 1.30 bits per heavy atom. The van der Waals surface area contributed by atoms with Gasteiger partial charge in [0, 0.05) is 11.5 Å². The number of nitrogens with one attached hydrogen (secondary N) is 2. The molecule has 1 fully saturated rings. The first-order valence-corrected chi connectivity index (χ1v) is 7.91. The second-order valence-corrected chi connectivity index (χ2v) is 6.93. The van der Waals surface area contributed by atoms with Gasteiger partial charge in [0.2, 0.25) is 5.91 Å². The van der Waals surface area contributed by atoms with Crippen LogP contribution in [-0.4, -0.2) is 20.1 Å². The van der Waals surface area contributed by atoms with Gasteiger partial charge < -0.3 is 0 Å². The third kappa shape index (κ3) is 2.40. The Labute approximate surface area is 115 Å². The summed E-state index contributed by atoms with van der Waals surface area (Å²) in [5, 5.41) is 0. The van der Waals surface area contributed by atoms with E-state index in [4.69, 9.17) is 0 Å². The van der Waals surface area contributed by atoms with Gasteiger partial charge in [-0.1, -0.05) is 0 Å². The maximum absolute atomic E-state index is 13.3. The topological polar surface area (TPSA) is 75.3 Å². The van der Waals surface area contributed by atoms with Gasteiger partial charge in [0.25, 0.3) is 0 Å². The third-order valence-electron chi connectivity index (χ3n) is 3.34. The summed E-state index contributed by atoms with van der Waals surface area (Å²) in [6.07, 6.45) is 3.17. The Morgan fingerprint density at radius 3 is 2.75 bits per heavy atom. The molecule has 20 heavy (non-hydrogen) atoms. The highest BCUT2D eigenvalue weighted by Crippen LogP contribution is 2.30. The highest BCUT2D eigenvalue weighted by atomic mass is 32.2. The van der Waals surface area contributed by atoms with Gasteiger partial charge in [-0.25, -0.2) is 12.8 Å². The fraction of sp³-hybridized carbons (Fsp3) is 0.308. The van der Waals surface area contributed by atoms with Gasteiger partial charge in [0.15, 0.2) is 9.84 Å². The molecule has 0 bridgehead atoms. The van der Waals surface area contributed by atoms with Crippen molar-refractivity contribution in [3.63, 3.8) is 0 Å². The number of carbonyl (C=O) groups excluding carboxylic acids is 1. The van der Waals surface area contributed by atoms with E-state index in [1.54, 1.807) is 0 Å². The van der Waals surface area contributed by atoms with Crippen LogP contribution in [0.1, 0.15) is 18.4 Å². The summed E-state index contributed by atoms with van der Waals surface area (Å²) in [5.74, 6) is -0.797. The number of fused-ring (bicyclic) bond motifs is 1. The molecule has 1 aromatic carbocycles. The van der Waals surface area contributed by atoms with E-state index in [2.05, 4.69) is 10.9 Å². The number of hydrazine groups is 1. The Kier molecular flexibility index (Phi) is 3.01. The van der Waals surface area contributed by atoms with Crippen molar-refractivity contribution in [3.8, 4) is 0 Å². The van der Waals surface area contributed by atoms with Crippen LogP contribution in [0.15, 0.2) is 29.2 Å². The molecule has 0 saturated heterocycles. The molecule has 106 valence electrons. The Bertz CT molecular complexity index is 708. The highest BCUT2D eigenvalue weighted by Gasteiger charge is 2.30. The predicted molar refractivity (Wildman–Crippen MR) is 70.4 cm³/mol. The first kappa shape index (κ1) is 13.1. The van der Waals surface area contributed by atoms with Crippen LogP contribution in [0.5, 0.6) is 0 Å². The molecule has 1 saturated carbocycles. The average molecular weight is 296 g/mol. The molecule has 0 radical (unpaired) electrons. The molecule has 7 heteroatoms. The van der Waals surface area contributed by atoms with E-state index >= 15 is 0 Å². The number of hydrogen-bond donors (Lipinski definition) is 2. The number of hydrogen-bond acceptors (Lipinski definition) is 4. The molecular formula is C13H13FN2O3S. The number of rotatable bonds is 3. The van der Waals surface area contributed by atoms with Crippen molar-refractivity contribution >= 4 is 21.4 Å². The fourth-order valence-corrected chi connectivity index (χ4v) is 3.42. The zero-order chi connectivity index (χ0) is 14.3. The minimum atomic E-state index is -3.43. The predicted octanol–water partition coefficient (Wildman–Crippen LogP) is 0.985. The summed E-state index contributed by atoms with van der Waals surface area (Å²) in [5.41, 5.74) is 5.87. The second-order valence-electron chi connectivity index (χ2n) is 4.93. The molecule has 1 amide bonds. The van der Waals surface area contributed by atoms with Gasteiger partial charge in [-0.15, -0.1) is 0 Å². The zero-order valence-electron chi connectivity index (χ0n) is 10.5. The van der Waals surface area contributed by atoms with Crippen molar-refractivity contribution in [3.05, 3.63) is 35.7 Å². The second kappa shape index (κ2) is 4.59. The standard InChI is InChI=1S/C13H13FN2O3S/c14-9-3-4-12-10(7-9)11(5-6-20(12,18)19)15-16-13(17)8-1-2-8/h3-5,7-8,15H,1-2,6H2,(H,16,17). The number of amides is 1.